The Morgan fingerprint density at radius 3 is 2.76 bits per heavy atom. The van der Waals surface area contributed by atoms with Gasteiger partial charge in [-0.2, -0.15) is 4.80 Å². The van der Waals surface area contributed by atoms with Crippen LogP contribution in [-0.2, 0) is 11.3 Å². The largest absolute Gasteiger partial charge is 0.399 e. The van der Waals surface area contributed by atoms with Gasteiger partial charge in [0.2, 0.25) is 11.7 Å². The van der Waals surface area contributed by atoms with Gasteiger partial charge in [-0.15, -0.1) is 10.2 Å². The molecule has 1 aromatic carbocycles. The Bertz CT molecular complexity index is 518. The second kappa shape index (κ2) is 4.60. The first-order valence-corrected chi connectivity index (χ1v) is 5.03. The summed E-state index contributed by atoms with van der Waals surface area (Å²) >= 11 is 0. The molecular weight excluding hydrogens is 220 g/mol. The molecule has 2 rings (SSSR count). The third-order valence-corrected chi connectivity index (χ3v) is 2.19. The second-order valence-corrected chi connectivity index (χ2v) is 3.44. The van der Waals surface area contributed by atoms with Gasteiger partial charge in [-0.3, -0.25) is 4.79 Å². The molecule has 0 saturated heterocycles. The fourth-order valence-corrected chi connectivity index (χ4v) is 1.27. The van der Waals surface area contributed by atoms with Crippen molar-refractivity contribution in [1.29, 1.82) is 0 Å². The Morgan fingerprint density at radius 1 is 1.41 bits per heavy atom. The van der Waals surface area contributed by atoms with E-state index in [1.165, 1.54) is 4.80 Å². The predicted octanol–water partition coefficient (Wildman–Crippen LogP) is -0.332. The van der Waals surface area contributed by atoms with Crippen molar-refractivity contribution in [2.75, 3.05) is 12.8 Å². The van der Waals surface area contributed by atoms with E-state index < -0.39 is 0 Å². The minimum absolute atomic E-state index is 0.0540. The molecule has 0 aliphatic rings. The molecule has 0 aliphatic carbocycles. The monoisotopic (exact) mass is 232 g/mol. The molecule has 3 N–H and O–H groups in total. The minimum atomic E-state index is -0.175. The molecule has 0 aliphatic heterocycles. The van der Waals surface area contributed by atoms with E-state index in [2.05, 4.69) is 20.7 Å². The van der Waals surface area contributed by atoms with E-state index in [1.807, 2.05) is 0 Å². The Balaban J connectivity index is 2.18. The Hall–Kier alpha value is -2.44. The summed E-state index contributed by atoms with van der Waals surface area (Å²) in [6.07, 6.45) is 0. The predicted molar refractivity (Wildman–Crippen MR) is 61.7 cm³/mol. The lowest BCUT2D eigenvalue weighted by Gasteiger charge is -1.97. The molecule has 1 heterocycles. The normalized spacial score (nSPS) is 10.2. The first kappa shape index (κ1) is 11.1. The fraction of sp³-hybridized carbons (Fsp3) is 0.200. The van der Waals surface area contributed by atoms with Crippen molar-refractivity contribution in [3.63, 3.8) is 0 Å². The van der Waals surface area contributed by atoms with Gasteiger partial charge in [0.25, 0.3) is 0 Å². The first-order chi connectivity index (χ1) is 8.19. The van der Waals surface area contributed by atoms with Gasteiger partial charge in [0, 0.05) is 18.3 Å². The van der Waals surface area contributed by atoms with E-state index in [0.717, 1.165) is 5.56 Å². The first-order valence-electron chi connectivity index (χ1n) is 5.03. The molecule has 0 spiro atoms. The van der Waals surface area contributed by atoms with Crippen molar-refractivity contribution in [3.05, 3.63) is 24.3 Å². The van der Waals surface area contributed by atoms with Crippen LogP contribution in [-0.4, -0.2) is 33.2 Å². The summed E-state index contributed by atoms with van der Waals surface area (Å²) in [6.45, 7) is 0.0540. The number of tetrazole rings is 1. The average Bonchev–Trinajstić information content (AvgIpc) is 2.78. The van der Waals surface area contributed by atoms with Crippen molar-refractivity contribution in [1.82, 2.24) is 25.5 Å². The Labute approximate surface area is 97.6 Å². The zero-order valence-corrected chi connectivity index (χ0v) is 9.29. The number of carbonyl (C=O) groups excluding carboxylic acids is 1. The molecule has 0 atom stereocenters. The maximum Gasteiger partial charge on any atom is 0.243 e. The number of likely N-dealkylation sites (N-methyl/N-ethyl adjacent to an activating group) is 1. The number of aromatic nitrogens is 4. The molecule has 7 heteroatoms. The van der Waals surface area contributed by atoms with Crippen molar-refractivity contribution in [2.45, 2.75) is 6.54 Å². The van der Waals surface area contributed by atoms with Crippen molar-refractivity contribution in [3.8, 4) is 11.4 Å². The maximum absolute atomic E-state index is 11.1. The van der Waals surface area contributed by atoms with Crippen LogP contribution in [0.15, 0.2) is 24.3 Å². The molecule has 0 saturated carbocycles. The molecule has 0 fully saturated rings. The highest BCUT2D eigenvalue weighted by Crippen LogP contribution is 2.14. The lowest BCUT2D eigenvalue weighted by Crippen LogP contribution is -2.24. The molecule has 1 amide bonds. The van der Waals surface area contributed by atoms with Crippen molar-refractivity contribution in [2.24, 2.45) is 0 Å². The molecule has 2 aromatic rings. The third kappa shape index (κ3) is 2.57. The standard InChI is InChI=1S/C10H12N6O/c1-12-9(17)6-16-14-10(13-15-16)7-2-4-8(11)5-3-7/h2-5H,6,11H2,1H3,(H,12,17). The quantitative estimate of drug-likeness (QED) is 0.706. The van der Waals surface area contributed by atoms with Crippen LogP contribution in [0.2, 0.25) is 0 Å². The van der Waals surface area contributed by atoms with Crippen LogP contribution < -0.4 is 11.1 Å². The number of carbonyl (C=O) groups is 1. The third-order valence-electron chi connectivity index (χ3n) is 2.19. The van der Waals surface area contributed by atoms with Crippen LogP contribution in [0.3, 0.4) is 0 Å². The van der Waals surface area contributed by atoms with E-state index in [0.29, 0.717) is 11.5 Å². The van der Waals surface area contributed by atoms with Crippen molar-refractivity contribution >= 4 is 11.6 Å². The molecule has 7 nitrogen and oxygen atoms in total. The number of benzene rings is 1. The molecule has 0 radical (unpaired) electrons. The van der Waals surface area contributed by atoms with Crippen LogP contribution in [0.25, 0.3) is 11.4 Å². The van der Waals surface area contributed by atoms with Gasteiger partial charge in [-0.1, -0.05) is 0 Å². The molecule has 88 valence electrons. The van der Waals surface area contributed by atoms with Crippen LogP contribution in [0, 0.1) is 0 Å². The van der Waals surface area contributed by atoms with Crippen LogP contribution in [0.1, 0.15) is 0 Å². The summed E-state index contributed by atoms with van der Waals surface area (Å²) in [4.78, 5) is 12.4. The number of nitrogens with one attached hydrogen (secondary N) is 1. The molecule has 0 bridgehead atoms. The molecular formula is C10H12N6O. The molecule has 17 heavy (non-hydrogen) atoms. The van der Waals surface area contributed by atoms with E-state index in [-0.39, 0.29) is 12.5 Å². The van der Waals surface area contributed by atoms with Crippen molar-refractivity contribution < 1.29 is 4.79 Å². The summed E-state index contributed by atoms with van der Waals surface area (Å²) in [7, 11) is 1.56. The van der Waals surface area contributed by atoms with Gasteiger partial charge in [0.05, 0.1) is 0 Å². The zero-order chi connectivity index (χ0) is 12.3. The minimum Gasteiger partial charge on any atom is -0.399 e. The Morgan fingerprint density at radius 2 is 2.12 bits per heavy atom. The number of rotatable bonds is 3. The number of hydrogen-bond acceptors (Lipinski definition) is 5. The van der Waals surface area contributed by atoms with E-state index in [4.69, 9.17) is 5.73 Å². The lowest BCUT2D eigenvalue weighted by atomic mass is 10.2. The molecule has 1 aromatic heterocycles. The van der Waals surface area contributed by atoms with Gasteiger partial charge < -0.3 is 11.1 Å². The van der Waals surface area contributed by atoms with Gasteiger partial charge in [0.1, 0.15) is 6.54 Å². The van der Waals surface area contributed by atoms with Crippen LogP contribution in [0.5, 0.6) is 0 Å². The number of nitrogen functional groups attached to an aromatic ring is 1. The van der Waals surface area contributed by atoms with E-state index in [1.54, 1.807) is 31.3 Å². The topological polar surface area (TPSA) is 98.7 Å². The summed E-state index contributed by atoms with van der Waals surface area (Å²) in [5.74, 6) is 0.292. The average molecular weight is 232 g/mol. The number of nitrogens with zero attached hydrogens (tertiary/aromatic N) is 4. The summed E-state index contributed by atoms with van der Waals surface area (Å²) < 4.78 is 0. The summed E-state index contributed by atoms with van der Waals surface area (Å²) in [5, 5.41) is 14.2. The van der Waals surface area contributed by atoms with Crippen LogP contribution in [0.4, 0.5) is 5.69 Å². The van der Waals surface area contributed by atoms with Gasteiger partial charge in [-0.25, -0.2) is 0 Å². The SMILES string of the molecule is CNC(=O)Cn1nnc(-c2ccc(N)cc2)n1. The number of nitrogens with two attached hydrogens (primary N) is 1. The highest BCUT2D eigenvalue weighted by molar-refractivity contribution is 5.75. The highest BCUT2D eigenvalue weighted by Gasteiger charge is 2.07. The highest BCUT2D eigenvalue weighted by atomic mass is 16.2. The smallest absolute Gasteiger partial charge is 0.243 e. The zero-order valence-electron chi connectivity index (χ0n) is 9.29. The number of hydrogen-bond donors (Lipinski definition) is 2. The summed E-state index contributed by atoms with van der Waals surface area (Å²) in [6, 6.07) is 7.12. The number of anilines is 1. The number of amides is 1. The van der Waals surface area contributed by atoms with Gasteiger partial charge in [0.15, 0.2) is 0 Å². The maximum atomic E-state index is 11.1. The van der Waals surface area contributed by atoms with Crippen LogP contribution >= 0.6 is 0 Å². The lowest BCUT2D eigenvalue weighted by molar-refractivity contribution is -0.121. The van der Waals surface area contributed by atoms with E-state index in [9.17, 15) is 4.79 Å². The van der Waals surface area contributed by atoms with Gasteiger partial charge >= 0.3 is 0 Å². The fourth-order valence-electron chi connectivity index (χ4n) is 1.27. The summed E-state index contributed by atoms with van der Waals surface area (Å²) in [5.41, 5.74) is 7.06. The second-order valence-electron chi connectivity index (χ2n) is 3.44. The Kier molecular flexibility index (Phi) is 2.99. The van der Waals surface area contributed by atoms with Gasteiger partial charge in [-0.05, 0) is 29.5 Å². The van der Waals surface area contributed by atoms with E-state index >= 15 is 0 Å². The molecule has 0 unspecified atom stereocenters.